The Hall–Kier alpha value is -1.07. The third-order valence-corrected chi connectivity index (χ3v) is 3.54. The van der Waals surface area contributed by atoms with Crippen molar-refractivity contribution in [3.05, 3.63) is 29.8 Å². The molecule has 17 heavy (non-hydrogen) atoms. The Morgan fingerprint density at radius 2 is 1.82 bits per heavy atom. The van der Waals surface area contributed by atoms with E-state index in [1.807, 2.05) is 36.2 Å². The Kier molecular flexibility index (Phi) is 4.54. The Morgan fingerprint density at radius 3 is 2.24 bits per heavy atom. The van der Waals surface area contributed by atoms with E-state index in [4.69, 9.17) is 0 Å². The smallest absolute Gasteiger partial charge is 0.149 e. The second-order valence-corrected chi connectivity index (χ2v) is 6.58. The number of benzene rings is 1. The van der Waals surface area contributed by atoms with Crippen LogP contribution in [0.3, 0.4) is 0 Å². The van der Waals surface area contributed by atoms with Crippen LogP contribution in [0.4, 0.5) is 5.69 Å². The van der Waals surface area contributed by atoms with E-state index in [-0.39, 0.29) is 5.75 Å². The largest absolute Gasteiger partial charge is 0.389 e. The highest BCUT2D eigenvalue weighted by Crippen LogP contribution is 2.17. The highest BCUT2D eigenvalue weighted by Gasteiger charge is 2.07. The molecule has 0 amide bonds. The molecule has 96 valence electrons. The number of sulfone groups is 1. The zero-order chi connectivity index (χ0) is 13.1. The summed E-state index contributed by atoms with van der Waals surface area (Å²) in [6, 6.07) is 7.45. The van der Waals surface area contributed by atoms with Gasteiger partial charge in [0, 0.05) is 25.5 Å². The van der Waals surface area contributed by atoms with Gasteiger partial charge in [0.05, 0.1) is 11.9 Å². The number of aliphatic hydroxyl groups is 1. The second-order valence-electron chi connectivity index (χ2n) is 4.32. The van der Waals surface area contributed by atoms with Crippen LogP contribution in [0.15, 0.2) is 24.3 Å². The number of rotatable bonds is 5. The van der Waals surface area contributed by atoms with Gasteiger partial charge in [-0.3, -0.25) is 0 Å². The van der Waals surface area contributed by atoms with Crippen molar-refractivity contribution in [3.63, 3.8) is 0 Å². The van der Waals surface area contributed by atoms with Crippen molar-refractivity contribution in [1.29, 1.82) is 0 Å². The van der Waals surface area contributed by atoms with Crippen molar-refractivity contribution in [2.75, 3.05) is 30.5 Å². The first-order valence-corrected chi connectivity index (χ1v) is 7.52. The summed E-state index contributed by atoms with van der Waals surface area (Å²) in [5.74, 6) is 0.141. The third kappa shape index (κ3) is 4.75. The van der Waals surface area contributed by atoms with E-state index in [1.165, 1.54) is 6.26 Å². The Morgan fingerprint density at radius 1 is 1.29 bits per heavy atom. The SMILES string of the molecule is C[C@@H](O)c1ccc(N(C)CCS(C)(=O)=O)cc1. The summed E-state index contributed by atoms with van der Waals surface area (Å²) in [7, 11) is -1.08. The molecule has 1 aromatic carbocycles. The van der Waals surface area contributed by atoms with E-state index < -0.39 is 15.9 Å². The minimum Gasteiger partial charge on any atom is -0.389 e. The molecule has 0 radical (unpaired) electrons. The topological polar surface area (TPSA) is 57.6 Å². The minimum absolute atomic E-state index is 0.141. The van der Waals surface area contributed by atoms with Crippen molar-refractivity contribution < 1.29 is 13.5 Å². The molecule has 0 spiro atoms. The van der Waals surface area contributed by atoms with Crippen molar-refractivity contribution in [3.8, 4) is 0 Å². The molecule has 4 nitrogen and oxygen atoms in total. The summed E-state index contributed by atoms with van der Waals surface area (Å²) in [5.41, 5.74) is 1.79. The Balaban J connectivity index is 2.67. The summed E-state index contributed by atoms with van der Waals surface area (Å²) >= 11 is 0. The van der Waals surface area contributed by atoms with Crippen LogP contribution >= 0.6 is 0 Å². The molecular formula is C12H19NO3S. The predicted octanol–water partition coefficient (Wildman–Crippen LogP) is 1.22. The molecule has 5 heteroatoms. The first-order chi connectivity index (χ1) is 7.79. The summed E-state index contributed by atoms with van der Waals surface area (Å²) in [6.07, 6.45) is 0.752. The molecule has 1 atom stereocenters. The molecule has 0 aliphatic heterocycles. The van der Waals surface area contributed by atoms with E-state index in [0.717, 1.165) is 11.3 Å². The Labute approximate surface area is 103 Å². The van der Waals surface area contributed by atoms with Gasteiger partial charge in [0.1, 0.15) is 9.84 Å². The lowest BCUT2D eigenvalue weighted by Gasteiger charge is -2.19. The molecule has 0 aliphatic carbocycles. The van der Waals surface area contributed by atoms with Crippen molar-refractivity contribution in [2.45, 2.75) is 13.0 Å². The Bertz CT molecular complexity index is 451. The number of hydrogen-bond donors (Lipinski definition) is 1. The van der Waals surface area contributed by atoms with E-state index in [2.05, 4.69) is 0 Å². The molecule has 1 rings (SSSR count). The lowest BCUT2D eigenvalue weighted by atomic mass is 10.1. The summed E-state index contributed by atoms with van der Waals surface area (Å²) in [5, 5.41) is 9.37. The highest BCUT2D eigenvalue weighted by atomic mass is 32.2. The minimum atomic E-state index is -2.93. The average Bonchev–Trinajstić information content (AvgIpc) is 2.25. The summed E-state index contributed by atoms with van der Waals surface area (Å²) in [6.45, 7) is 2.18. The molecule has 0 unspecified atom stereocenters. The van der Waals surface area contributed by atoms with Gasteiger partial charge in [0.25, 0.3) is 0 Å². The van der Waals surface area contributed by atoms with Crippen LogP contribution in [0.5, 0.6) is 0 Å². The maximum absolute atomic E-state index is 11.1. The van der Waals surface area contributed by atoms with Gasteiger partial charge in [0.15, 0.2) is 0 Å². The predicted molar refractivity (Wildman–Crippen MR) is 70.1 cm³/mol. The van der Waals surface area contributed by atoms with Gasteiger partial charge in [-0.15, -0.1) is 0 Å². The van der Waals surface area contributed by atoms with Gasteiger partial charge < -0.3 is 10.0 Å². The van der Waals surface area contributed by atoms with Crippen LogP contribution in [0.25, 0.3) is 0 Å². The molecule has 0 saturated heterocycles. The normalized spacial score (nSPS) is 13.4. The van der Waals surface area contributed by atoms with Gasteiger partial charge in [-0.25, -0.2) is 8.42 Å². The van der Waals surface area contributed by atoms with Gasteiger partial charge in [0.2, 0.25) is 0 Å². The molecule has 0 aromatic heterocycles. The molecule has 1 aromatic rings. The van der Waals surface area contributed by atoms with Crippen LogP contribution in [-0.2, 0) is 9.84 Å². The quantitative estimate of drug-likeness (QED) is 0.861. The highest BCUT2D eigenvalue weighted by molar-refractivity contribution is 7.90. The number of anilines is 1. The summed E-state index contributed by atoms with van der Waals surface area (Å²) in [4.78, 5) is 1.88. The van der Waals surface area contributed by atoms with Crippen molar-refractivity contribution in [2.24, 2.45) is 0 Å². The maximum Gasteiger partial charge on any atom is 0.149 e. The monoisotopic (exact) mass is 257 g/mol. The fraction of sp³-hybridized carbons (Fsp3) is 0.500. The lowest BCUT2D eigenvalue weighted by molar-refractivity contribution is 0.199. The van der Waals surface area contributed by atoms with E-state index in [1.54, 1.807) is 6.92 Å². The molecule has 0 aliphatic rings. The second kappa shape index (κ2) is 5.51. The molecule has 0 saturated carbocycles. The van der Waals surface area contributed by atoms with Crippen LogP contribution in [0.2, 0.25) is 0 Å². The first-order valence-electron chi connectivity index (χ1n) is 5.46. The number of hydrogen-bond acceptors (Lipinski definition) is 4. The third-order valence-electron chi connectivity index (χ3n) is 2.61. The van der Waals surface area contributed by atoms with E-state index >= 15 is 0 Å². The number of nitrogens with zero attached hydrogens (tertiary/aromatic N) is 1. The average molecular weight is 257 g/mol. The first kappa shape index (κ1) is 14.0. The van der Waals surface area contributed by atoms with Crippen LogP contribution in [0.1, 0.15) is 18.6 Å². The van der Waals surface area contributed by atoms with Gasteiger partial charge >= 0.3 is 0 Å². The van der Waals surface area contributed by atoms with Crippen LogP contribution in [0, 0.1) is 0 Å². The summed E-state index contributed by atoms with van der Waals surface area (Å²) < 4.78 is 22.1. The molecule has 1 N–H and O–H groups in total. The zero-order valence-corrected chi connectivity index (χ0v) is 11.2. The van der Waals surface area contributed by atoms with Crippen LogP contribution in [-0.4, -0.2) is 39.1 Å². The zero-order valence-electron chi connectivity index (χ0n) is 10.4. The molecular weight excluding hydrogens is 238 g/mol. The van der Waals surface area contributed by atoms with Crippen molar-refractivity contribution >= 4 is 15.5 Å². The number of aliphatic hydroxyl groups excluding tert-OH is 1. The fourth-order valence-corrected chi connectivity index (χ4v) is 2.04. The maximum atomic E-state index is 11.1. The van der Waals surface area contributed by atoms with Crippen molar-refractivity contribution in [1.82, 2.24) is 0 Å². The van der Waals surface area contributed by atoms with Gasteiger partial charge in [-0.2, -0.15) is 0 Å². The molecule has 0 fully saturated rings. The van der Waals surface area contributed by atoms with Gasteiger partial charge in [-0.1, -0.05) is 12.1 Å². The lowest BCUT2D eigenvalue weighted by Crippen LogP contribution is -2.24. The van der Waals surface area contributed by atoms with E-state index in [0.29, 0.717) is 6.54 Å². The fourth-order valence-electron chi connectivity index (χ4n) is 1.44. The molecule has 0 heterocycles. The van der Waals surface area contributed by atoms with Gasteiger partial charge in [-0.05, 0) is 24.6 Å². The van der Waals surface area contributed by atoms with Crippen LogP contribution < -0.4 is 4.90 Å². The standard InChI is InChI=1S/C12H19NO3S/c1-10(14)11-4-6-12(7-5-11)13(2)8-9-17(3,15)16/h4-7,10,14H,8-9H2,1-3H3/t10-/m1/s1. The van der Waals surface area contributed by atoms with E-state index in [9.17, 15) is 13.5 Å². The molecule has 0 bridgehead atoms.